The van der Waals surface area contributed by atoms with Crippen molar-refractivity contribution < 1.29 is 9.53 Å². The Labute approximate surface area is 191 Å². The number of carbonyl (C=O) groups excluding carboxylic acids is 1. The Morgan fingerprint density at radius 1 is 1.16 bits per heavy atom. The van der Waals surface area contributed by atoms with Gasteiger partial charge >= 0.3 is 0 Å². The van der Waals surface area contributed by atoms with Crippen LogP contribution in [0.15, 0.2) is 57.9 Å². The fraction of sp³-hybridized carbons (Fsp3) is 0.320. The molecule has 0 saturated heterocycles. The number of ether oxygens (including phenoxy) is 1. The highest BCUT2D eigenvalue weighted by molar-refractivity contribution is 7.07. The highest BCUT2D eigenvalue weighted by Crippen LogP contribution is 2.33. The SMILES string of the molecule is Cc1cccc(N=c2scc(-c3ccc4c(c3)NC(=O)CO4)n2N=C2CCC(C)CC2)c1. The third kappa shape index (κ3) is 4.39. The van der Waals surface area contributed by atoms with E-state index in [0.29, 0.717) is 11.4 Å². The van der Waals surface area contributed by atoms with Crippen LogP contribution < -0.4 is 14.9 Å². The molecule has 6 nitrogen and oxygen atoms in total. The molecule has 5 rings (SSSR count). The van der Waals surface area contributed by atoms with Gasteiger partial charge in [-0.25, -0.2) is 9.67 Å². The Morgan fingerprint density at radius 2 is 2.00 bits per heavy atom. The lowest BCUT2D eigenvalue weighted by atomic mass is 9.90. The molecule has 0 unspecified atom stereocenters. The molecule has 2 heterocycles. The number of nitrogens with one attached hydrogen (secondary N) is 1. The number of rotatable bonds is 3. The van der Waals surface area contributed by atoms with Gasteiger partial charge in [0.15, 0.2) is 6.61 Å². The van der Waals surface area contributed by atoms with Crippen molar-refractivity contribution in [2.75, 3.05) is 11.9 Å². The minimum Gasteiger partial charge on any atom is -0.482 e. The summed E-state index contributed by atoms with van der Waals surface area (Å²) in [6.45, 7) is 4.43. The normalized spacial score (nSPS) is 18.7. The van der Waals surface area contributed by atoms with Gasteiger partial charge in [0.25, 0.3) is 5.91 Å². The Morgan fingerprint density at radius 3 is 2.81 bits per heavy atom. The van der Waals surface area contributed by atoms with Crippen LogP contribution >= 0.6 is 11.3 Å². The van der Waals surface area contributed by atoms with Gasteiger partial charge in [-0.2, -0.15) is 5.10 Å². The molecule has 164 valence electrons. The Balaban J connectivity index is 1.62. The number of nitrogens with zero attached hydrogens (tertiary/aromatic N) is 3. The molecule has 1 saturated carbocycles. The summed E-state index contributed by atoms with van der Waals surface area (Å²) in [5.41, 5.74) is 5.90. The van der Waals surface area contributed by atoms with Crippen molar-refractivity contribution in [3.63, 3.8) is 0 Å². The number of hydrogen-bond acceptors (Lipinski definition) is 5. The number of aryl methyl sites for hydroxylation is 1. The van der Waals surface area contributed by atoms with Gasteiger partial charge in [-0.1, -0.05) is 19.1 Å². The van der Waals surface area contributed by atoms with Crippen LogP contribution in [0.3, 0.4) is 0 Å². The van der Waals surface area contributed by atoms with E-state index in [1.807, 2.05) is 35.0 Å². The van der Waals surface area contributed by atoms with Gasteiger partial charge in [0.2, 0.25) is 4.80 Å². The van der Waals surface area contributed by atoms with Crippen LogP contribution in [-0.2, 0) is 4.79 Å². The molecule has 32 heavy (non-hydrogen) atoms. The molecule has 2 aliphatic rings. The second kappa shape index (κ2) is 8.74. The number of anilines is 1. The summed E-state index contributed by atoms with van der Waals surface area (Å²) in [7, 11) is 0. The van der Waals surface area contributed by atoms with E-state index in [-0.39, 0.29) is 12.5 Å². The molecule has 1 aliphatic heterocycles. The molecule has 0 atom stereocenters. The average molecular weight is 447 g/mol. The zero-order chi connectivity index (χ0) is 22.1. The van der Waals surface area contributed by atoms with Crippen molar-refractivity contribution in [3.05, 3.63) is 58.2 Å². The summed E-state index contributed by atoms with van der Waals surface area (Å²) in [4.78, 5) is 17.5. The van der Waals surface area contributed by atoms with Crippen molar-refractivity contribution in [1.82, 2.24) is 4.68 Å². The highest BCUT2D eigenvalue weighted by atomic mass is 32.1. The summed E-state index contributed by atoms with van der Waals surface area (Å²) in [5.74, 6) is 1.30. The standard InChI is InChI=1S/C25H26N4O2S/c1-16-6-9-19(10-7-16)28-29-22(15-32-25(29)26-20-5-3-4-17(2)12-20)18-8-11-23-21(13-18)27-24(30)14-31-23/h3-5,8,11-13,15-16H,6-7,9-10,14H2,1-2H3,(H,27,30). The van der Waals surface area contributed by atoms with Crippen molar-refractivity contribution in [2.45, 2.75) is 39.5 Å². The van der Waals surface area contributed by atoms with Gasteiger partial charge in [0.05, 0.1) is 17.1 Å². The summed E-state index contributed by atoms with van der Waals surface area (Å²) in [6, 6.07) is 14.0. The second-order valence-electron chi connectivity index (χ2n) is 8.56. The minimum atomic E-state index is -0.139. The van der Waals surface area contributed by atoms with Gasteiger partial charge in [0, 0.05) is 16.7 Å². The number of aromatic nitrogens is 1. The number of carbonyl (C=O) groups is 1. The number of hydrogen-bond donors (Lipinski definition) is 1. The molecule has 1 aromatic heterocycles. The van der Waals surface area contributed by atoms with Crippen molar-refractivity contribution in [3.8, 4) is 17.0 Å². The third-order valence-corrected chi connectivity index (χ3v) is 6.73. The van der Waals surface area contributed by atoms with Crippen molar-refractivity contribution >= 4 is 34.3 Å². The average Bonchev–Trinajstić information content (AvgIpc) is 3.16. The fourth-order valence-corrected chi connectivity index (χ4v) is 4.91. The molecular formula is C25H26N4O2S. The Kier molecular flexibility index (Phi) is 5.66. The molecule has 0 spiro atoms. The molecule has 0 bridgehead atoms. The van der Waals surface area contributed by atoms with Gasteiger partial charge in [-0.05, 0) is 74.4 Å². The van der Waals surface area contributed by atoms with Crippen LogP contribution in [0.25, 0.3) is 11.3 Å². The number of fused-ring (bicyclic) bond motifs is 1. The van der Waals surface area contributed by atoms with E-state index in [0.717, 1.165) is 40.5 Å². The maximum absolute atomic E-state index is 11.8. The van der Waals surface area contributed by atoms with E-state index in [1.165, 1.54) is 24.1 Å². The monoisotopic (exact) mass is 446 g/mol. The van der Waals surface area contributed by atoms with Gasteiger partial charge in [-0.3, -0.25) is 4.79 Å². The first-order chi connectivity index (χ1) is 15.5. The summed E-state index contributed by atoms with van der Waals surface area (Å²) < 4.78 is 7.49. The van der Waals surface area contributed by atoms with Crippen LogP contribution in [0.5, 0.6) is 5.75 Å². The van der Waals surface area contributed by atoms with E-state index in [4.69, 9.17) is 14.8 Å². The van der Waals surface area contributed by atoms with Gasteiger partial charge < -0.3 is 10.1 Å². The van der Waals surface area contributed by atoms with Gasteiger partial charge in [0.1, 0.15) is 5.75 Å². The smallest absolute Gasteiger partial charge is 0.262 e. The summed E-state index contributed by atoms with van der Waals surface area (Å²) >= 11 is 1.57. The third-order valence-electron chi connectivity index (χ3n) is 5.91. The second-order valence-corrected chi connectivity index (χ2v) is 9.40. The zero-order valence-corrected chi connectivity index (χ0v) is 19.1. The molecule has 3 aromatic rings. The minimum absolute atomic E-state index is 0.0520. The lowest BCUT2D eigenvalue weighted by Gasteiger charge is -2.20. The lowest BCUT2D eigenvalue weighted by Crippen LogP contribution is -2.25. The first-order valence-corrected chi connectivity index (χ1v) is 11.9. The largest absolute Gasteiger partial charge is 0.482 e. The maximum atomic E-state index is 11.8. The summed E-state index contributed by atoms with van der Waals surface area (Å²) in [5, 5.41) is 10.0. The van der Waals surface area contributed by atoms with Crippen molar-refractivity contribution in [1.29, 1.82) is 0 Å². The van der Waals surface area contributed by atoms with Crippen LogP contribution in [-0.4, -0.2) is 22.9 Å². The van der Waals surface area contributed by atoms with Crippen LogP contribution in [0.2, 0.25) is 0 Å². The first kappa shape index (κ1) is 20.7. The fourth-order valence-electron chi connectivity index (χ4n) is 4.06. The predicted molar refractivity (Wildman–Crippen MR) is 129 cm³/mol. The predicted octanol–water partition coefficient (Wildman–Crippen LogP) is 5.50. The molecule has 1 N–H and O–H groups in total. The van der Waals surface area contributed by atoms with Crippen LogP contribution in [0.4, 0.5) is 11.4 Å². The maximum Gasteiger partial charge on any atom is 0.262 e. The summed E-state index contributed by atoms with van der Waals surface area (Å²) in [6.07, 6.45) is 4.37. The van der Waals surface area contributed by atoms with E-state index in [9.17, 15) is 4.79 Å². The number of benzene rings is 2. The van der Waals surface area contributed by atoms with Crippen LogP contribution in [0.1, 0.15) is 38.2 Å². The van der Waals surface area contributed by atoms with E-state index >= 15 is 0 Å². The molecular weight excluding hydrogens is 420 g/mol. The molecule has 0 radical (unpaired) electrons. The highest BCUT2D eigenvalue weighted by Gasteiger charge is 2.19. The zero-order valence-electron chi connectivity index (χ0n) is 18.3. The van der Waals surface area contributed by atoms with E-state index in [2.05, 4.69) is 36.7 Å². The number of thiazole rings is 1. The van der Waals surface area contributed by atoms with E-state index in [1.54, 1.807) is 11.3 Å². The first-order valence-electron chi connectivity index (χ1n) is 11.0. The molecule has 1 aliphatic carbocycles. The quantitative estimate of drug-likeness (QED) is 0.577. The molecule has 1 amide bonds. The van der Waals surface area contributed by atoms with Crippen molar-refractivity contribution in [2.24, 2.45) is 16.0 Å². The van der Waals surface area contributed by atoms with Gasteiger partial charge in [-0.15, -0.1) is 11.3 Å². The van der Waals surface area contributed by atoms with Crippen LogP contribution in [0, 0.1) is 12.8 Å². The topological polar surface area (TPSA) is 68.0 Å². The molecule has 1 fully saturated rings. The van der Waals surface area contributed by atoms with E-state index < -0.39 is 0 Å². The lowest BCUT2D eigenvalue weighted by molar-refractivity contribution is -0.118. The number of amides is 1. The molecule has 7 heteroatoms. The molecule has 2 aromatic carbocycles. The Bertz CT molecular complexity index is 1260. The Hall–Kier alpha value is -3.19.